The molecule has 0 aromatic carbocycles. The van der Waals surface area contributed by atoms with Gasteiger partial charge in [-0.3, -0.25) is 0 Å². The largest absolute Gasteiger partial charge is 0.426 e. The average molecular weight is 503 g/mol. The topological polar surface area (TPSA) is 194 Å². The van der Waals surface area contributed by atoms with Crippen LogP contribution in [0.25, 0.3) is 10.4 Å². The minimum absolute atomic E-state index is 0.633. The monoisotopic (exact) mass is 502 g/mol. The minimum Gasteiger partial charge on any atom is -0.426 e. The number of nitrogens with zero attached hydrogens (tertiary/aromatic N) is 3. The van der Waals surface area contributed by atoms with E-state index in [1.807, 2.05) is 6.08 Å². The summed E-state index contributed by atoms with van der Waals surface area (Å²) >= 11 is 0. The van der Waals surface area contributed by atoms with Gasteiger partial charge in [0.15, 0.2) is 6.10 Å². The van der Waals surface area contributed by atoms with Gasteiger partial charge in [0, 0.05) is 4.91 Å². The molecule has 0 amide bonds. The number of aliphatic hydroxyl groups excluding tert-OH is 5. The van der Waals surface area contributed by atoms with E-state index in [0.717, 1.165) is 19.3 Å². The Morgan fingerprint density at radius 2 is 1.54 bits per heavy atom. The second-order valence-electron chi connectivity index (χ2n) is 9.35. The Labute approximate surface area is 208 Å². The third-order valence-electron chi connectivity index (χ3n) is 6.54. The zero-order valence-corrected chi connectivity index (χ0v) is 20.9. The van der Waals surface area contributed by atoms with Crippen molar-refractivity contribution >= 4 is 0 Å². The van der Waals surface area contributed by atoms with Gasteiger partial charge < -0.3 is 40.8 Å². The molecule has 0 spiro atoms. The third kappa shape index (κ3) is 11.4. The highest BCUT2D eigenvalue weighted by atomic mass is 16.7. The minimum atomic E-state index is -1.65. The molecule has 0 saturated carbocycles. The molecule has 3 unspecified atom stereocenters. The summed E-state index contributed by atoms with van der Waals surface area (Å²) in [7, 11) is 0. The highest BCUT2D eigenvalue weighted by molar-refractivity contribution is 5.03. The molecule has 0 aliphatic carbocycles. The molecule has 0 aromatic rings. The van der Waals surface area contributed by atoms with Crippen molar-refractivity contribution in [2.75, 3.05) is 6.61 Å². The summed E-state index contributed by atoms with van der Waals surface area (Å²) in [5.74, 6) is 0. The highest BCUT2D eigenvalue weighted by Gasteiger charge is 2.49. The summed E-state index contributed by atoms with van der Waals surface area (Å²) in [5.41, 5.74) is 14.7. The van der Waals surface area contributed by atoms with Crippen molar-refractivity contribution in [1.29, 1.82) is 0 Å². The molecule has 1 aliphatic rings. The van der Waals surface area contributed by atoms with E-state index in [2.05, 4.69) is 17.1 Å². The SMILES string of the molecule is CCCCCCCCCCCCCC=CC(O)C(N)C(ON=[N+]=[N-])[C@H]1O[C@H](CO)[C@H](O)[C@H](O)[C@H]1O. The van der Waals surface area contributed by atoms with Gasteiger partial charge in [-0.25, -0.2) is 0 Å². The molecule has 7 N–H and O–H groups in total. The van der Waals surface area contributed by atoms with Crippen molar-refractivity contribution in [1.82, 2.24) is 0 Å². The predicted molar refractivity (Wildman–Crippen MR) is 132 cm³/mol. The maximum Gasteiger partial charge on any atom is 0.154 e. The number of azide groups is 1. The Morgan fingerprint density at radius 1 is 0.971 bits per heavy atom. The Hall–Kier alpha value is -1.43. The molecule has 1 aliphatic heterocycles. The van der Waals surface area contributed by atoms with Gasteiger partial charge in [0.05, 0.1) is 18.8 Å². The van der Waals surface area contributed by atoms with Gasteiger partial charge in [-0.1, -0.05) is 83.3 Å². The van der Waals surface area contributed by atoms with Gasteiger partial charge >= 0.3 is 0 Å². The number of ether oxygens (including phenoxy) is 1. The molecule has 204 valence electrons. The number of rotatable bonds is 19. The molecule has 11 heteroatoms. The summed E-state index contributed by atoms with van der Waals surface area (Å²) in [6.45, 7) is 1.60. The molecular weight excluding hydrogens is 456 g/mol. The lowest BCUT2D eigenvalue weighted by Crippen LogP contribution is -2.65. The van der Waals surface area contributed by atoms with Crippen molar-refractivity contribution < 1.29 is 35.1 Å². The van der Waals surface area contributed by atoms with Crippen LogP contribution < -0.4 is 5.73 Å². The number of hydrogen-bond acceptors (Lipinski definition) is 9. The molecule has 0 radical (unpaired) electrons. The van der Waals surface area contributed by atoms with Gasteiger partial charge in [-0.15, -0.1) is 0 Å². The quantitative estimate of drug-likeness (QED) is 0.0386. The van der Waals surface area contributed by atoms with E-state index in [0.29, 0.717) is 0 Å². The van der Waals surface area contributed by atoms with Gasteiger partial charge in [0.2, 0.25) is 0 Å². The number of unbranched alkanes of at least 4 members (excludes halogenated alkanes) is 11. The maximum atomic E-state index is 10.5. The molecule has 0 bridgehead atoms. The van der Waals surface area contributed by atoms with Gasteiger partial charge in [-0.2, -0.15) is 0 Å². The van der Waals surface area contributed by atoms with Gasteiger partial charge in [-0.05, 0) is 18.4 Å². The van der Waals surface area contributed by atoms with Crippen LogP contribution in [0.2, 0.25) is 0 Å². The van der Waals surface area contributed by atoms with E-state index >= 15 is 0 Å². The molecule has 1 fully saturated rings. The normalized spacial score (nSPS) is 27.3. The smallest absolute Gasteiger partial charge is 0.154 e. The van der Waals surface area contributed by atoms with Crippen molar-refractivity contribution in [3.63, 3.8) is 0 Å². The third-order valence-corrected chi connectivity index (χ3v) is 6.54. The lowest BCUT2D eigenvalue weighted by atomic mass is 9.88. The molecule has 1 saturated heterocycles. The predicted octanol–water partition coefficient (Wildman–Crippen LogP) is 2.38. The first-order chi connectivity index (χ1) is 16.9. The van der Waals surface area contributed by atoms with Crippen LogP contribution in [0, 0.1) is 0 Å². The Balaban J connectivity index is 2.44. The van der Waals surface area contributed by atoms with E-state index in [1.54, 1.807) is 0 Å². The van der Waals surface area contributed by atoms with Gasteiger partial charge in [0.1, 0.15) is 35.8 Å². The number of nitrogens with two attached hydrogens (primary N) is 1. The van der Waals surface area contributed by atoms with E-state index in [9.17, 15) is 25.5 Å². The van der Waals surface area contributed by atoms with Crippen LogP contribution in [0.5, 0.6) is 0 Å². The zero-order chi connectivity index (χ0) is 26.1. The average Bonchev–Trinajstić information content (AvgIpc) is 2.86. The number of aliphatic hydroxyl groups is 5. The number of allylic oxidation sites excluding steroid dienone is 1. The molecule has 11 nitrogen and oxygen atoms in total. The Bertz CT molecular complexity index is 619. The van der Waals surface area contributed by atoms with Crippen molar-refractivity contribution in [2.24, 2.45) is 11.0 Å². The molecule has 8 atom stereocenters. The van der Waals surface area contributed by atoms with Crippen molar-refractivity contribution in [3.8, 4) is 0 Å². The summed E-state index contributed by atoms with van der Waals surface area (Å²) in [4.78, 5) is 7.51. The first kappa shape index (κ1) is 31.6. The maximum absolute atomic E-state index is 10.5. The second-order valence-corrected chi connectivity index (χ2v) is 9.35. The van der Waals surface area contributed by atoms with E-state index < -0.39 is 55.4 Å². The van der Waals surface area contributed by atoms with E-state index in [-0.39, 0.29) is 0 Å². The van der Waals surface area contributed by atoms with E-state index in [4.69, 9.17) is 20.8 Å². The van der Waals surface area contributed by atoms with E-state index in [1.165, 1.54) is 63.9 Å². The van der Waals surface area contributed by atoms with Crippen LogP contribution in [-0.4, -0.2) is 80.9 Å². The van der Waals surface area contributed by atoms with Crippen LogP contribution >= 0.6 is 0 Å². The standard InChI is InChI=1S/C24H46N4O7/c1-2-3-4-5-6-7-8-9-10-11-12-13-14-15-17(30)19(25)23(35-28-27-26)24-22(33)21(32)20(31)18(16-29)34-24/h14-15,17-24,29-33H,2-13,16,25H2,1H3/t17?,18-,19?,20+,21+,22-,23?,24+/m1/s1. The zero-order valence-electron chi connectivity index (χ0n) is 20.9. The molecule has 1 heterocycles. The summed E-state index contributed by atoms with van der Waals surface area (Å²) in [6, 6.07) is -1.18. The summed E-state index contributed by atoms with van der Waals surface area (Å²) < 4.78 is 5.45. The van der Waals surface area contributed by atoms with Crippen LogP contribution in [-0.2, 0) is 9.57 Å². The Morgan fingerprint density at radius 3 is 2.09 bits per heavy atom. The molecule has 0 aromatic heterocycles. The number of hydrogen-bond donors (Lipinski definition) is 6. The van der Waals surface area contributed by atoms with Crippen molar-refractivity contribution in [3.05, 3.63) is 22.6 Å². The summed E-state index contributed by atoms with van der Waals surface area (Å²) in [5, 5.41) is 53.2. The summed E-state index contributed by atoms with van der Waals surface area (Å²) in [6.07, 6.45) is 7.86. The van der Waals surface area contributed by atoms with Crippen LogP contribution in [0.1, 0.15) is 84.0 Å². The second kappa shape index (κ2) is 18.8. The fourth-order valence-electron chi connectivity index (χ4n) is 4.31. The van der Waals surface area contributed by atoms with Crippen molar-refractivity contribution in [2.45, 2.75) is 133 Å². The Kier molecular flexibility index (Phi) is 17.0. The van der Waals surface area contributed by atoms with Crippen LogP contribution in [0.15, 0.2) is 17.4 Å². The molecule has 35 heavy (non-hydrogen) atoms. The lowest BCUT2D eigenvalue weighted by Gasteiger charge is -2.43. The van der Waals surface area contributed by atoms with Gasteiger partial charge in [0.25, 0.3) is 0 Å². The fourth-order valence-corrected chi connectivity index (χ4v) is 4.31. The van der Waals surface area contributed by atoms with Crippen LogP contribution in [0.3, 0.4) is 0 Å². The molecule has 1 rings (SSSR count). The van der Waals surface area contributed by atoms with Crippen LogP contribution in [0.4, 0.5) is 0 Å². The first-order valence-corrected chi connectivity index (χ1v) is 13.0. The molecular formula is C24H46N4O7. The highest BCUT2D eigenvalue weighted by Crippen LogP contribution is 2.27. The lowest BCUT2D eigenvalue weighted by molar-refractivity contribution is -0.258. The fraction of sp³-hybridized carbons (Fsp3) is 0.917. The first-order valence-electron chi connectivity index (χ1n) is 13.0.